The summed E-state index contributed by atoms with van der Waals surface area (Å²) in [5.74, 6) is -0.0864. The Bertz CT molecular complexity index is 1250. The number of rotatable bonds is 10. The van der Waals surface area contributed by atoms with Crippen LogP contribution in [0.1, 0.15) is 53.0 Å². The van der Waals surface area contributed by atoms with Crippen LogP contribution in [0, 0.1) is 12.3 Å². The van der Waals surface area contributed by atoms with Crippen molar-refractivity contribution in [1.29, 1.82) is 0 Å². The Labute approximate surface area is 260 Å². The van der Waals surface area contributed by atoms with Gasteiger partial charge in [0.15, 0.2) is 0 Å². The van der Waals surface area contributed by atoms with E-state index in [0.717, 1.165) is 18.4 Å². The molecule has 0 unspecified atom stereocenters. The fourth-order valence-electron chi connectivity index (χ4n) is 3.40. The standard InChI is InChI=1S/C26H27FN2O6.C3H8O.C3H4.C2H6/c1-2-20(27)11-7-6-10-19-12-28-13-22(34-17-18-8-4-3-5-9-18)21(16-30)25(31)29-14-23(19)35-24(15-29)26(32)33;1-3-4-2;1-3-2;1-2/h2-5,7-9,11-12,15,30H,6,10,13-14,16-17H2,1H3,(H,32,33);3H2,1-2H3;1H,2H3;1-2H3/b11-7-,20-2+,22-21+,23-19+,28-12?;;;. The lowest BCUT2D eigenvalue weighted by Crippen LogP contribution is -2.36. The number of hydrogen-bond donors (Lipinski definition) is 2. The lowest BCUT2D eigenvalue weighted by Gasteiger charge is -2.29. The highest BCUT2D eigenvalue weighted by molar-refractivity contribution is 5.97. The van der Waals surface area contributed by atoms with Gasteiger partial charge in [0.25, 0.3) is 5.91 Å². The fourth-order valence-corrected chi connectivity index (χ4v) is 3.40. The molecule has 0 spiro atoms. The second-order valence-electron chi connectivity index (χ2n) is 8.57. The lowest BCUT2D eigenvalue weighted by atomic mass is 10.1. The van der Waals surface area contributed by atoms with Gasteiger partial charge in [-0.15, -0.1) is 12.3 Å². The van der Waals surface area contributed by atoms with Crippen molar-refractivity contribution in [3.05, 3.63) is 94.6 Å². The smallest absolute Gasteiger partial charge is 0.373 e. The summed E-state index contributed by atoms with van der Waals surface area (Å²) in [6.07, 6.45) is 12.4. The van der Waals surface area contributed by atoms with Gasteiger partial charge in [0.2, 0.25) is 5.76 Å². The van der Waals surface area contributed by atoms with Crippen LogP contribution in [0.25, 0.3) is 0 Å². The molecule has 0 atom stereocenters. The van der Waals surface area contributed by atoms with E-state index in [2.05, 4.69) is 22.1 Å². The van der Waals surface area contributed by atoms with E-state index in [9.17, 15) is 24.2 Å². The molecular weight excluding hydrogens is 567 g/mol. The average molecular weight is 613 g/mol. The Morgan fingerprint density at radius 3 is 2.45 bits per heavy atom. The maximum Gasteiger partial charge on any atom is 0.373 e. The Hall–Kier alpha value is -4.46. The zero-order valence-corrected chi connectivity index (χ0v) is 26.5. The van der Waals surface area contributed by atoms with Gasteiger partial charge in [0.05, 0.1) is 31.5 Å². The number of methoxy groups -OCH3 is 1. The largest absolute Gasteiger partial charge is 0.491 e. The number of ether oxygens (including phenoxy) is 3. The molecule has 1 amide bonds. The van der Waals surface area contributed by atoms with Gasteiger partial charge in [-0.2, -0.15) is 0 Å². The van der Waals surface area contributed by atoms with Crippen LogP contribution in [-0.2, 0) is 30.4 Å². The summed E-state index contributed by atoms with van der Waals surface area (Å²) in [6, 6.07) is 9.32. The van der Waals surface area contributed by atoms with E-state index in [4.69, 9.17) is 9.47 Å². The van der Waals surface area contributed by atoms with Crippen LogP contribution < -0.4 is 0 Å². The molecule has 10 heteroatoms. The van der Waals surface area contributed by atoms with Gasteiger partial charge in [0, 0.05) is 25.5 Å². The van der Waals surface area contributed by atoms with Crippen LogP contribution in [0.3, 0.4) is 0 Å². The number of hydrogen-bond acceptors (Lipinski definition) is 7. The predicted octanol–water partition coefficient (Wildman–Crippen LogP) is 6.10. The minimum Gasteiger partial charge on any atom is -0.491 e. The molecule has 0 saturated carbocycles. The Morgan fingerprint density at radius 2 is 1.91 bits per heavy atom. The van der Waals surface area contributed by atoms with Crippen molar-refractivity contribution in [3.8, 4) is 12.3 Å². The van der Waals surface area contributed by atoms with Crippen molar-refractivity contribution in [1.82, 2.24) is 4.90 Å². The van der Waals surface area contributed by atoms with Crippen molar-refractivity contribution in [2.75, 3.05) is 33.4 Å². The molecule has 1 aromatic carbocycles. The van der Waals surface area contributed by atoms with Crippen LogP contribution in [0.2, 0.25) is 0 Å². The number of amides is 1. The van der Waals surface area contributed by atoms with Gasteiger partial charge in [-0.3, -0.25) is 9.79 Å². The molecule has 2 aliphatic heterocycles. The number of benzene rings is 1. The normalized spacial score (nSPS) is 17.8. The summed E-state index contributed by atoms with van der Waals surface area (Å²) in [5, 5.41) is 19.5. The molecule has 3 rings (SSSR count). The number of aliphatic imine (C=N–C) groups is 1. The maximum atomic E-state index is 13.4. The van der Waals surface area contributed by atoms with E-state index >= 15 is 0 Å². The number of aliphatic hydroxyl groups is 1. The molecule has 0 aromatic heterocycles. The van der Waals surface area contributed by atoms with Gasteiger partial charge in [-0.05, 0) is 45.3 Å². The zero-order valence-electron chi connectivity index (χ0n) is 26.5. The van der Waals surface area contributed by atoms with Crippen LogP contribution >= 0.6 is 0 Å². The Balaban J connectivity index is 0.00000183. The number of carboxylic acid groups (broad SMARTS) is 1. The van der Waals surface area contributed by atoms with Gasteiger partial charge in [-0.1, -0.05) is 56.3 Å². The lowest BCUT2D eigenvalue weighted by molar-refractivity contribution is -0.136. The number of aliphatic carboxylic acids is 1. The summed E-state index contributed by atoms with van der Waals surface area (Å²) < 4.78 is 29.3. The van der Waals surface area contributed by atoms with Crippen LogP contribution in [-0.4, -0.2) is 66.6 Å². The summed E-state index contributed by atoms with van der Waals surface area (Å²) in [5.41, 5.74) is 1.41. The molecule has 2 heterocycles. The molecule has 0 fully saturated rings. The molecule has 44 heavy (non-hydrogen) atoms. The average Bonchev–Trinajstić information content (AvgIpc) is 3.05. The van der Waals surface area contributed by atoms with Crippen molar-refractivity contribution in [2.24, 2.45) is 4.99 Å². The first-order valence-corrected chi connectivity index (χ1v) is 14.3. The topological polar surface area (TPSA) is 118 Å². The van der Waals surface area contributed by atoms with Crippen LogP contribution in [0.4, 0.5) is 4.39 Å². The van der Waals surface area contributed by atoms with Gasteiger partial charge in [-0.25, -0.2) is 9.18 Å². The molecule has 2 aliphatic rings. The minimum atomic E-state index is -1.35. The van der Waals surface area contributed by atoms with E-state index < -0.39 is 24.2 Å². The third kappa shape index (κ3) is 14.6. The van der Waals surface area contributed by atoms with E-state index in [1.54, 1.807) is 27.0 Å². The van der Waals surface area contributed by atoms with Crippen molar-refractivity contribution in [3.63, 3.8) is 0 Å². The monoisotopic (exact) mass is 612 g/mol. The van der Waals surface area contributed by atoms with Gasteiger partial charge in [0.1, 0.15) is 24.0 Å². The molecule has 240 valence electrons. The minimum absolute atomic E-state index is 0.0162. The molecule has 1 aromatic rings. The zero-order chi connectivity index (χ0) is 33.3. The number of aliphatic hydroxyl groups excluding tert-OH is 1. The van der Waals surface area contributed by atoms with Crippen LogP contribution in [0.15, 0.2) is 94.0 Å². The molecule has 0 aliphatic carbocycles. The maximum absolute atomic E-state index is 13.4. The number of carboxylic acids is 1. The summed E-state index contributed by atoms with van der Waals surface area (Å²) in [7, 11) is 1.68. The SMILES string of the molecule is C#CC.C/C=C(F)\C=C/CC/C1=C2/CN(C=C(C(=O)O)O2)C(=O)/C(CO)=C(/OCc2ccccc2)CN=C1.CC.CCOC. The number of halogens is 1. The first-order valence-electron chi connectivity index (χ1n) is 14.3. The second kappa shape index (κ2) is 24.0. The van der Waals surface area contributed by atoms with E-state index in [1.165, 1.54) is 23.3 Å². The first-order chi connectivity index (χ1) is 21.3. The van der Waals surface area contributed by atoms with E-state index in [-0.39, 0.29) is 42.6 Å². The van der Waals surface area contributed by atoms with E-state index in [1.807, 2.05) is 51.1 Å². The van der Waals surface area contributed by atoms with E-state index in [0.29, 0.717) is 18.4 Å². The van der Waals surface area contributed by atoms with Crippen molar-refractivity contribution in [2.45, 2.75) is 54.1 Å². The van der Waals surface area contributed by atoms with Crippen LogP contribution in [0.5, 0.6) is 0 Å². The Morgan fingerprint density at radius 1 is 1.27 bits per heavy atom. The third-order valence-electron chi connectivity index (χ3n) is 5.56. The quantitative estimate of drug-likeness (QED) is 0.242. The fraction of sp³-hybridized carbons (Fsp3) is 0.382. The highest BCUT2D eigenvalue weighted by Crippen LogP contribution is 2.25. The molecule has 0 saturated heterocycles. The molecule has 2 N–H and O–H groups in total. The number of carbonyl (C=O) groups excluding carboxylic acids is 1. The van der Waals surface area contributed by atoms with Crippen molar-refractivity contribution < 1.29 is 38.4 Å². The first kappa shape index (κ1) is 39.5. The summed E-state index contributed by atoms with van der Waals surface area (Å²) in [6.45, 7) is 9.50. The molecular formula is C34H45FN2O7. The molecule has 0 radical (unpaired) electrons. The molecule has 9 nitrogen and oxygen atoms in total. The number of nitrogens with zero attached hydrogens (tertiary/aromatic N) is 2. The number of carbonyl (C=O) groups is 2. The summed E-state index contributed by atoms with van der Waals surface area (Å²) in [4.78, 5) is 30.5. The number of fused-ring (bicyclic) bond motifs is 2. The molecule has 2 bridgehead atoms. The summed E-state index contributed by atoms with van der Waals surface area (Å²) >= 11 is 0. The van der Waals surface area contributed by atoms with Gasteiger partial charge < -0.3 is 29.3 Å². The van der Waals surface area contributed by atoms with Crippen molar-refractivity contribution >= 4 is 18.1 Å². The predicted molar refractivity (Wildman–Crippen MR) is 171 cm³/mol. The highest BCUT2D eigenvalue weighted by Gasteiger charge is 2.30. The number of terminal acetylenes is 1. The highest BCUT2D eigenvalue weighted by atomic mass is 19.1. The number of allylic oxidation sites excluding steroid dienone is 5. The second-order valence-corrected chi connectivity index (χ2v) is 8.57. The Kier molecular flexibility index (Phi) is 21.6. The van der Waals surface area contributed by atoms with Gasteiger partial charge >= 0.3 is 5.97 Å². The third-order valence-corrected chi connectivity index (χ3v) is 5.56.